The molecule has 6 nitrogen and oxygen atoms in total. The zero-order valence-corrected chi connectivity index (χ0v) is 16.6. The van der Waals surface area contributed by atoms with Crippen molar-refractivity contribution < 1.29 is 21.9 Å². The Morgan fingerprint density at radius 2 is 1.89 bits per heavy atom. The SMILES string of the molecule is CN=C(NCCS(=O)(=O)c1ccccc1)NCc1cc(Cl)ccc1OC(F)F. The van der Waals surface area contributed by atoms with Crippen LogP contribution in [0.25, 0.3) is 0 Å². The molecule has 2 aromatic rings. The van der Waals surface area contributed by atoms with Crippen LogP contribution in [0.3, 0.4) is 0 Å². The highest BCUT2D eigenvalue weighted by Crippen LogP contribution is 2.24. The fourth-order valence-corrected chi connectivity index (χ4v) is 3.72. The van der Waals surface area contributed by atoms with Gasteiger partial charge in [-0.3, -0.25) is 4.99 Å². The molecule has 0 amide bonds. The molecule has 0 saturated carbocycles. The van der Waals surface area contributed by atoms with Gasteiger partial charge >= 0.3 is 6.61 Å². The molecule has 0 heterocycles. The predicted octanol–water partition coefficient (Wildman–Crippen LogP) is 3.08. The van der Waals surface area contributed by atoms with Crippen LogP contribution in [-0.2, 0) is 16.4 Å². The minimum absolute atomic E-state index is 0.00555. The van der Waals surface area contributed by atoms with E-state index >= 15 is 0 Å². The van der Waals surface area contributed by atoms with Crippen molar-refractivity contribution in [2.75, 3.05) is 19.3 Å². The third kappa shape index (κ3) is 6.65. The Morgan fingerprint density at radius 1 is 1.18 bits per heavy atom. The number of guanidine groups is 1. The highest BCUT2D eigenvalue weighted by molar-refractivity contribution is 7.91. The normalized spacial score (nSPS) is 12.1. The predicted molar refractivity (Wildman–Crippen MR) is 105 cm³/mol. The second kappa shape index (κ2) is 10.2. The molecule has 0 aliphatic carbocycles. The van der Waals surface area contributed by atoms with Gasteiger partial charge in [-0.25, -0.2) is 8.42 Å². The molecule has 0 saturated heterocycles. The number of hydrogen-bond donors (Lipinski definition) is 2. The minimum atomic E-state index is -3.42. The topological polar surface area (TPSA) is 79.8 Å². The van der Waals surface area contributed by atoms with Gasteiger partial charge in [-0.05, 0) is 30.3 Å². The van der Waals surface area contributed by atoms with E-state index in [1.807, 2.05) is 0 Å². The van der Waals surface area contributed by atoms with E-state index in [1.54, 1.807) is 18.2 Å². The molecule has 0 unspecified atom stereocenters. The average Bonchev–Trinajstić information content (AvgIpc) is 2.66. The average molecular weight is 432 g/mol. The first-order valence-corrected chi connectivity index (χ1v) is 10.3. The third-order valence-electron chi connectivity index (χ3n) is 3.67. The van der Waals surface area contributed by atoms with Crippen LogP contribution < -0.4 is 15.4 Å². The summed E-state index contributed by atoms with van der Waals surface area (Å²) >= 11 is 5.91. The van der Waals surface area contributed by atoms with E-state index in [0.717, 1.165) is 0 Å². The number of benzene rings is 2. The zero-order valence-electron chi connectivity index (χ0n) is 15.0. The monoisotopic (exact) mass is 431 g/mol. The number of halogens is 3. The number of nitrogens with one attached hydrogen (secondary N) is 2. The second-order valence-electron chi connectivity index (χ2n) is 5.62. The van der Waals surface area contributed by atoms with E-state index < -0.39 is 16.4 Å². The Hall–Kier alpha value is -2.39. The maximum absolute atomic E-state index is 12.5. The van der Waals surface area contributed by atoms with Crippen LogP contribution in [0, 0.1) is 0 Å². The molecule has 0 fully saturated rings. The molecule has 0 atom stereocenters. The number of rotatable bonds is 8. The van der Waals surface area contributed by atoms with Crippen molar-refractivity contribution in [3.63, 3.8) is 0 Å². The van der Waals surface area contributed by atoms with Gasteiger partial charge in [0.2, 0.25) is 0 Å². The number of hydrogen-bond acceptors (Lipinski definition) is 4. The lowest BCUT2D eigenvalue weighted by Gasteiger charge is -2.15. The zero-order chi connectivity index (χ0) is 20.6. The van der Waals surface area contributed by atoms with Crippen LogP contribution in [0.2, 0.25) is 5.02 Å². The fraction of sp³-hybridized carbons (Fsp3) is 0.278. The van der Waals surface area contributed by atoms with Gasteiger partial charge in [-0.1, -0.05) is 29.8 Å². The lowest BCUT2D eigenvalue weighted by Crippen LogP contribution is -2.39. The van der Waals surface area contributed by atoms with Crippen molar-refractivity contribution in [1.82, 2.24) is 10.6 Å². The Morgan fingerprint density at radius 3 is 2.54 bits per heavy atom. The number of alkyl halides is 2. The highest BCUT2D eigenvalue weighted by Gasteiger charge is 2.14. The molecule has 0 spiro atoms. The van der Waals surface area contributed by atoms with E-state index in [4.69, 9.17) is 11.6 Å². The molecule has 0 radical (unpaired) electrons. The van der Waals surface area contributed by atoms with Gasteiger partial charge in [0, 0.05) is 30.7 Å². The van der Waals surface area contributed by atoms with E-state index in [9.17, 15) is 17.2 Å². The number of nitrogens with zero attached hydrogens (tertiary/aromatic N) is 1. The van der Waals surface area contributed by atoms with E-state index in [0.29, 0.717) is 16.5 Å². The smallest absolute Gasteiger partial charge is 0.387 e. The van der Waals surface area contributed by atoms with Crippen molar-refractivity contribution in [2.24, 2.45) is 4.99 Å². The summed E-state index contributed by atoms with van der Waals surface area (Å²) in [6, 6.07) is 12.4. The molecule has 152 valence electrons. The van der Waals surface area contributed by atoms with E-state index in [1.165, 1.54) is 37.4 Å². The molecule has 2 rings (SSSR count). The van der Waals surface area contributed by atoms with Crippen LogP contribution in [0.15, 0.2) is 58.4 Å². The molecule has 28 heavy (non-hydrogen) atoms. The molecule has 2 aromatic carbocycles. The summed E-state index contributed by atoms with van der Waals surface area (Å²) in [6.45, 7) is -2.74. The van der Waals surface area contributed by atoms with Crippen molar-refractivity contribution in [1.29, 1.82) is 0 Å². The summed E-state index contributed by atoms with van der Waals surface area (Å²) in [4.78, 5) is 4.23. The maximum Gasteiger partial charge on any atom is 0.387 e. The van der Waals surface area contributed by atoms with Crippen LogP contribution in [-0.4, -0.2) is 40.3 Å². The first kappa shape index (κ1) is 21.9. The number of ether oxygens (including phenoxy) is 1. The summed E-state index contributed by atoms with van der Waals surface area (Å²) in [5.41, 5.74) is 0.410. The van der Waals surface area contributed by atoms with Gasteiger partial charge < -0.3 is 15.4 Å². The van der Waals surface area contributed by atoms with Crippen LogP contribution in [0.1, 0.15) is 5.56 Å². The Balaban J connectivity index is 1.93. The summed E-state index contributed by atoms with van der Waals surface area (Å²) in [6.07, 6.45) is 0. The van der Waals surface area contributed by atoms with Crippen molar-refractivity contribution >= 4 is 27.4 Å². The standard InChI is InChI=1S/C18H20ClF2N3O3S/c1-22-18(23-9-10-28(25,26)15-5-3-2-4-6-15)24-12-13-11-14(19)7-8-16(13)27-17(20)21/h2-8,11,17H,9-10,12H2,1H3,(H2,22,23,24). The summed E-state index contributed by atoms with van der Waals surface area (Å²) in [5, 5.41) is 6.16. The Bertz CT molecular complexity index is 910. The fourth-order valence-electron chi connectivity index (χ4n) is 2.35. The first-order valence-electron chi connectivity index (χ1n) is 8.27. The van der Waals surface area contributed by atoms with E-state index in [-0.39, 0.29) is 29.5 Å². The van der Waals surface area contributed by atoms with Gasteiger partial charge in [0.25, 0.3) is 0 Å². The molecule has 0 aromatic heterocycles. The van der Waals surface area contributed by atoms with Crippen LogP contribution in [0.5, 0.6) is 5.75 Å². The summed E-state index contributed by atoms with van der Waals surface area (Å²) in [7, 11) is -1.91. The summed E-state index contributed by atoms with van der Waals surface area (Å²) in [5.74, 6) is 0.175. The number of aliphatic imine (C=N–C) groups is 1. The van der Waals surface area contributed by atoms with Gasteiger partial charge in [-0.15, -0.1) is 0 Å². The van der Waals surface area contributed by atoms with Crippen LogP contribution >= 0.6 is 11.6 Å². The van der Waals surface area contributed by atoms with Crippen molar-refractivity contribution in [2.45, 2.75) is 18.1 Å². The number of sulfone groups is 1. The Kier molecular flexibility index (Phi) is 8.01. The molecular weight excluding hydrogens is 412 g/mol. The largest absolute Gasteiger partial charge is 0.434 e. The molecular formula is C18H20ClF2N3O3S. The molecule has 0 aliphatic heterocycles. The molecule has 10 heteroatoms. The van der Waals surface area contributed by atoms with Gasteiger partial charge in [0.15, 0.2) is 15.8 Å². The van der Waals surface area contributed by atoms with Crippen molar-refractivity contribution in [3.05, 3.63) is 59.1 Å². The highest BCUT2D eigenvalue weighted by atomic mass is 35.5. The maximum atomic E-state index is 12.5. The van der Waals surface area contributed by atoms with E-state index in [2.05, 4.69) is 20.4 Å². The van der Waals surface area contributed by atoms with Crippen molar-refractivity contribution in [3.8, 4) is 5.75 Å². The Labute approximate surface area is 167 Å². The first-order chi connectivity index (χ1) is 13.3. The quantitative estimate of drug-likeness (QED) is 0.496. The molecule has 0 bridgehead atoms. The third-order valence-corrected chi connectivity index (χ3v) is 5.64. The van der Waals surface area contributed by atoms with Gasteiger partial charge in [-0.2, -0.15) is 8.78 Å². The lowest BCUT2D eigenvalue weighted by atomic mass is 10.2. The molecule has 2 N–H and O–H groups in total. The van der Waals surface area contributed by atoms with Gasteiger partial charge in [0.1, 0.15) is 5.75 Å². The second-order valence-corrected chi connectivity index (χ2v) is 8.16. The minimum Gasteiger partial charge on any atom is -0.434 e. The van der Waals surface area contributed by atoms with Crippen LogP contribution in [0.4, 0.5) is 8.78 Å². The summed E-state index contributed by atoms with van der Waals surface area (Å²) < 4.78 is 54.0. The molecule has 0 aliphatic rings. The van der Waals surface area contributed by atoms with Gasteiger partial charge in [0.05, 0.1) is 10.6 Å². The lowest BCUT2D eigenvalue weighted by molar-refractivity contribution is -0.0504.